The van der Waals surface area contributed by atoms with Crippen LogP contribution in [0.3, 0.4) is 0 Å². The quantitative estimate of drug-likeness (QED) is 0.378. The number of allylic oxidation sites excluding steroid dienone is 1. The Bertz CT molecular complexity index is 151. The summed E-state index contributed by atoms with van der Waals surface area (Å²) >= 11 is 0. The Labute approximate surface area is 36.8 Å². The van der Waals surface area contributed by atoms with Gasteiger partial charge in [0.2, 0.25) is 5.70 Å². The molecule has 0 aliphatic carbocycles. The summed E-state index contributed by atoms with van der Waals surface area (Å²) < 4.78 is 1.03. The van der Waals surface area contributed by atoms with E-state index in [4.69, 9.17) is 0 Å². The Morgan fingerprint density at radius 2 is 2.33 bits per heavy atom. The third kappa shape index (κ3) is 0.0982. The zero-order valence-corrected chi connectivity index (χ0v) is 3.68. The first kappa shape index (κ1) is 2.59. The summed E-state index contributed by atoms with van der Waals surface area (Å²) in [4.78, 5) is 0. The number of fused-ring (bicyclic) bond motifs is 1. The molecule has 2 rings (SSSR count). The first-order valence-corrected chi connectivity index (χ1v) is 2.10. The van der Waals surface area contributed by atoms with Gasteiger partial charge in [-0.05, 0) is 0 Å². The SMILES string of the molecule is C[N+]12C=CC1=C2. The summed E-state index contributed by atoms with van der Waals surface area (Å²) in [7, 11) is 2.16. The van der Waals surface area contributed by atoms with E-state index in [-0.39, 0.29) is 0 Å². The maximum absolute atomic E-state index is 2.21. The van der Waals surface area contributed by atoms with Gasteiger partial charge in [-0.3, -0.25) is 0 Å². The normalized spacial score (nSPS) is 46.5. The smallest absolute Gasteiger partial charge is 0.201 e. The van der Waals surface area contributed by atoms with Gasteiger partial charge >= 0.3 is 0 Å². The van der Waals surface area contributed by atoms with Crippen molar-refractivity contribution in [3.63, 3.8) is 0 Å². The van der Waals surface area contributed by atoms with Gasteiger partial charge in [0.1, 0.15) is 6.20 Å². The van der Waals surface area contributed by atoms with Crippen molar-refractivity contribution in [1.82, 2.24) is 0 Å². The summed E-state index contributed by atoms with van der Waals surface area (Å²) in [6.45, 7) is 0. The van der Waals surface area contributed by atoms with Crippen molar-refractivity contribution in [3.8, 4) is 0 Å². The first-order chi connectivity index (χ1) is 2.81. The van der Waals surface area contributed by atoms with E-state index in [1.165, 1.54) is 5.70 Å². The summed E-state index contributed by atoms with van der Waals surface area (Å²) in [5, 5.41) is 0. The second-order valence-electron chi connectivity index (χ2n) is 2.02. The van der Waals surface area contributed by atoms with Crippen LogP contribution >= 0.6 is 0 Å². The molecule has 6 heavy (non-hydrogen) atoms. The van der Waals surface area contributed by atoms with Crippen molar-refractivity contribution >= 4 is 0 Å². The molecule has 0 saturated carbocycles. The molecule has 0 radical (unpaired) electrons. The number of hydrogen-bond acceptors (Lipinski definition) is 0. The monoisotopic (exact) mass is 80.0 g/mol. The first-order valence-electron chi connectivity index (χ1n) is 2.10. The molecular formula is C5H6N+. The lowest BCUT2D eigenvalue weighted by molar-refractivity contribution is -0.707. The van der Waals surface area contributed by atoms with E-state index in [0.717, 1.165) is 4.48 Å². The van der Waals surface area contributed by atoms with E-state index in [1.807, 2.05) is 0 Å². The second-order valence-corrected chi connectivity index (χ2v) is 2.02. The van der Waals surface area contributed by atoms with E-state index in [0.29, 0.717) is 0 Å². The molecule has 1 atom stereocenters. The average molecular weight is 80.1 g/mol. The van der Waals surface area contributed by atoms with Crippen LogP contribution in [0.5, 0.6) is 0 Å². The molecule has 30 valence electrons. The number of quaternary nitrogens is 1. The predicted octanol–water partition coefficient (Wildman–Crippen LogP) is 0.815. The van der Waals surface area contributed by atoms with E-state index in [1.54, 1.807) is 0 Å². The largest absolute Gasteiger partial charge is 0.231 e. The van der Waals surface area contributed by atoms with Crippen LogP contribution in [0.4, 0.5) is 0 Å². The van der Waals surface area contributed by atoms with E-state index < -0.39 is 0 Å². The molecule has 2 aliphatic rings. The van der Waals surface area contributed by atoms with Crippen molar-refractivity contribution in [1.29, 1.82) is 0 Å². The highest BCUT2D eigenvalue weighted by molar-refractivity contribution is 5.29. The molecule has 2 aliphatic heterocycles. The summed E-state index contributed by atoms with van der Waals surface area (Å²) in [6, 6.07) is 0. The molecule has 0 aromatic heterocycles. The molecule has 0 N–H and O–H groups in total. The van der Waals surface area contributed by atoms with Gasteiger partial charge in [-0.25, -0.2) is 4.48 Å². The molecular weight excluding hydrogens is 74.1 g/mol. The predicted molar refractivity (Wildman–Crippen MR) is 23.4 cm³/mol. The standard InChI is InChI=1S/C5H6N/c1-6-3-2-5(6)4-6/h2-4H,1H3/q+1. The maximum Gasteiger partial charge on any atom is 0.201 e. The van der Waals surface area contributed by atoms with Gasteiger partial charge in [-0.1, -0.05) is 0 Å². The summed E-state index contributed by atoms with van der Waals surface area (Å²) in [5.74, 6) is 0. The van der Waals surface area contributed by atoms with Crippen molar-refractivity contribution in [3.05, 3.63) is 24.2 Å². The Kier molecular flexibility index (Phi) is 0.173. The molecule has 1 nitrogen and oxygen atoms in total. The number of likely N-dealkylation sites (N-methyl/N-ethyl adjacent to an activating group) is 1. The minimum atomic E-state index is 1.03. The Morgan fingerprint density at radius 3 is 2.33 bits per heavy atom. The number of hydrogen-bond donors (Lipinski definition) is 0. The van der Waals surface area contributed by atoms with Crippen molar-refractivity contribution in [2.75, 3.05) is 7.05 Å². The molecule has 0 spiro atoms. The second kappa shape index (κ2) is 0.401. The lowest BCUT2D eigenvalue weighted by atomic mass is 10.4. The molecule has 1 heteroatoms. The molecule has 0 aromatic rings. The van der Waals surface area contributed by atoms with Gasteiger partial charge in [-0.2, -0.15) is 0 Å². The molecule has 1 unspecified atom stereocenters. The third-order valence-corrected chi connectivity index (χ3v) is 1.44. The van der Waals surface area contributed by atoms with Gasteiger partial charge in [0.25, 0.3) is 0 Å². The molecule has 0 amide bonds. The molecule has 2 heterocycles. The van der Waals surface area contributed by atoms with Crippen LogP contribution < -0.4 is 0 Å². The summed E-state index contributed by atoms with van der Waals surface area (Å²) in [6.07, 6.45) is 6.51. The minimum absolute atomic E-state index is 1.03. The minimum Gasteiger partial charge on any atom is -0.231 e. The zero-order chi connectivity index (χ0) is 4.20. The average Bonchev–Trinajstić information content (AvgIpc) is 1.88. The lowest BCUT2D eigenvalue weighted by Gasteiger charge is -2.10. The summed E-state index contributed by atoms with van der Waals surface area (Å²) in [5.41, 5.74) is 1.47. The van der Waals surface area contributed by atoms with Gasteiger partial charge < -0.3 is 0 Å². The highest BCUT2D eigenvalue weighted by atomic mass is 15.4. The van der Waals surface area contributed by atoms with Crippen LogP contribution in [0.25, 0.3) is 0 Å². The Hall–Kier alpha value is -0.560. The van der Waals surface area contributed by atoms with Crippen molar-refractivity contribution < 1.29 is 4.48 Å². The zero-order valence-electron chi connectivity index (χ0n) is 3.68. The fourth-order valence-corrected chi connectivity index (χ4v) is 0.728. The van der Waals surface area contributed by atoms with E-state index >= 15 is 0 Å². The maximum atomic E-state index is 2.21. The van der Waals surface area contributed by atoms with Crippen LogP contribution in [0, 0.1) is 0 Å². The highest BCUT2D eigenvalue weighted by Crippen LogP contribution is 2.40. The number of nitrogens with zero attached hydrogens (tertiary/aromatic N) is 1. The molecule has 0 aromatic carbocycles. The van der Waals surface area contributed by atoms with Crippen LogP contribution in [0.1, 0.15) is 0 Å². The molecule has 0 bridgehead atoms. The van der Waals surface area contributed by atoms with Crippen LogP contribution in [-0.4, -0.2) is 11.5 Å². The Balaban J connectivity index is 2.53. The topological polar surface area (TPSA) is 0 Å². The van der Waals surface area contributed by atoms with Crippen molar-refractivity contribution in [2.45, 2.75) is 0 Å². The number of rotatable bonds is 0. The highest BCUT2D eigenvalue weighted by Gasteiger charge is 2.45. The van der Waals surface area contributed by atoms with Gasteiger partial charge in [0.15, 0.2) is 6.20 Å². The van der Waals surface area contributed by atoms with E-state index in [2.05, 4.69) is 25.5 Å². The van der Waals surface area contributed by atoms with Crippen LogP contribution in [0.15, 0.2) is 24.2 Å². The van der Waals surface area contributed by atoms with E-state index in [9.17, 15) is 0 Å². The van der Waals surface area contributed by atoms with Gasteiger partial charge in [0.05, 0.1) is 13.1 Å². The molecule has 0 saturated heterocycles. The molecule has 0 fully saturated rings. The Morgan fingerprint density at radius 1 is 1.67 bits per heavy atom. The fraction of sp³-hybridized carbons (Fsp3) is 0.200. The van der Waals surface area contributed by atoms with Crippen molar-refractivity contribution in [2.24, 2.45) is 0 Å². The van der Waals surface area contributed by atoms with Gasteiger partial charge in [-0.15, -0.1) is 0 Å². The lowest BCUT2D eigenvalue weighted by Crippen LogP contribution is -2.18. The van der Waals surface area contributed by atoms with Gasteiger partial charge in [0, 0.05) is 0 Å². The van der Waals surface area contributed by atoms with Crippen LogP contribution in [-0.2, 0) is 0 Å². The third-order valence-electron chi connectivity index (χ3n) is 1.44. The van der Waals surface area contributed by atoms with Crippen LogP contribution in [0.2, 0.25) is 0 Å². The fourth-order valence-electron chi connectivity index (χ4n) is 0.728.